The summed E-state index contributed by atoms with van der Waals surface area (Å²) in [4.78, 5) is 42.6. The van der Waals surface area contributed by atoms with Crippen LogP contribution in [0.4, 0.5) is 0 Å². The van der Waals surface area contributed by atoms with Crippen LogP contribution in [0.3, 0.4) is 0 Å². The Morgan fingerprint density at radius 2 is 1.83 bits per heavy atom. The number of hydrogen-bond donors (Lipinski definition) is 0. The lowest BCUT2D eigenvalue weighted by atomic mass is 9.96. The molecular formula is C25H21ClN2O6S. The van der Waals surface area contributed by atoms with Gasteiger partial charge in [0.05, 0.1) is 36.1 Å². The first-order valence-electron chi connectivity index (χ1n) is 10.5. The summed E-state index contributed by atoms with van der Waals surface area (Å²) in [5.74, 6) is -0.404. The average molecular weight is 513 g/mol. The van der Waals surface area contributed by atoms with Gasteiger partial charge in [-0.25, -0.2) is 9.79 Å². The van der Waals surface area contributed by atoms with Crippen LogP contribution in [0.2, 0.25) is 5.02 Å². The van der Waals surface area contributed by atoms with Gasteiger partial charge in [-0.05, 0) is 48.4 Å². The van der Waals surface area contributed by atoms with Crippen molar-refractivity contribution in [2.75, 3.05) is 14.2 Å². The number of nitrogens with zero attached hydrogens (tertiary/aromatic N) is 2. The molecule has 8 nitrogen and oxygen atoms in total. The Morgan fingerprint density at radius 3 is 2.46 bits per heavy atom. The Hall–Kier alpha value is -3.69. The molecule has 1 aliphatic rings. The lowest BCUT2D eigenvalue weighted by Gasteiger charge is -2.24. The highest BCUT2D eigenvalue weighted by atomic mass is 35.5. The second-order valence-electron chi connectivity index (χ2n) is 7.63. The average Bonchev–Trinajstić information content (AvgIpc) is 3.13. The number of allylic oxidation sites excluding steroid dienone is 1. The molecule has 0 N–H and O–H groups in total. The molecule has 3 aromatic rings. The Morgan fingerprint density at radius 1 is 1.11 bits per heavy atom. The van der Waals surface area contributed by atoms with E-state index in [1.54, 1.807) is 55.5 Å². The van der Waals surface area contributed by atoms with Crippen LogP contribution < -0.4 is 24.4 Å². The highest BCUT2D eigenvalue weighted by Crippen LogP contribution is 2.31. The zero-order valence-electron chi connectivity index (χ0n) is 19.3. The van der Waals surface area contributed by atoms with Crippen LogP contribution in [-0.4, -0.2) is 30.7 Å². The summed E-state index contributed by atoms with van der Waals surface area (Å²) >= 11 is 7.26. The zero-order chi connectivity index (χ0) is 25.3. The Labute approximate surface area is 209 Å². The fraction of sp³-hybridized carbons (Fsp3) is 0.200. The summed E-state index contributed by atoms with van der Waals surface area (Å²) in [5.41, 5.74) is 1.79. The molecule has 0 radical (unpaired) electrons. The van der Waals surface area contributed by atoms with Gasteiger partial charge in [-0.1, -0.05) is 41.1 Å². The minimum Gasteiger partial charge on any atom is -0.493 e. The minimum absolute atomic E-state index is 0.277. The normalized spacial score (nSPS) is 15.3. The van der Waals surface area contributed by atoms with E-state index in [1.165, 1.54) is 37.0 Å². The summed E-state index contributed by atoms with van der Waals surface area (Å²) in [6, 6.07) is 11.2. The number of methoxy groups -OCH3 is 2. The molecule has 0 amide bonds. The molecular weight excluding hydrogens is 492 g/mol. The van der Waals surface area contributed by atoms with Crippen molar-refractivity contribution in [3.63, 3.8) is 0 Å². The van der Waals surface area contributed by atoms with Crippen LogP contribution >= 0.6 is 22.9 Å². The van der Waals surface area contributed by atoms with Gasteiger partial charge in [-0.15, -0.1) is 0 Å². The Balaban J connectivity index is 1.89. The van der Waals surface area contributed by atoms with Crippen molar-refractivity contribution in [2.24, 2.45) is 4.99 Å². The highest BCUT2D eigenvalue weighted by molar-refractivity contribution is 7.07. The molecule has 2 heterocycles. The molecule has 1 atom stereocenters. The van der Waals surface area contributed by atoms with Crippen molar-refractivity contribution in [3.8, 4) is 11.5 Å². The van der Waals surface area contributed by atoms with Gasteiger partial charge < -0.3 is 14.2 Å². The van der Waals surface area contributed by atoms with Crippen molar-refractivity contribution in [3.05, 3.63) is 89.6 Å². The van der Waals surface area contributed by atoms with Gasteiger partial charge >= 0.3 is 11.9 Å². The van der Waals surface area contributed by atoms with Crippen LogP contribution in [0.1, 0.15) is 31.0 Å². The van der Waals surface area contributed by atoms with E-state index in [1.807, 2.05) is 0 Å². The molecule has 1 aromatic heterocycles. The first-order valence-corrected chi connectivity index (χ1v) is 11.7. The van der Waals surface area contributed by atoms with Crippen molar-refractivity contribution in [1.29, 1.82) is 0 Å². The second-order valence-corrected chi connectivity index (χ2v) is 9.07. The first-order chi connectivity index (χ1) is 16.7. The smallest absolute Gasteiger partial charge is 0.338 e. The summed E-state index contributed by atoms with van der Waals surface area (Å²) < 4.78 is 17.4. The number of halogens is 1. The molecule has 0 saturated carbocycles. The number of thiazole rings is 1. The Bertz CT molecular complexity index is 1540. The molecule has 0 aliphatic carbocycles. The van der Waals surface area contributed by atoms with E-state index >= 15 is 0 Å². The largest absolute Gasteiger partial charge is 0.493 e. The maximum Gasteiger partial charge on any atom is 0.338 e. The van der Waals surface area contributed by atoms with Gasteiger partial charge in [0.2, 0.25) is 0 Å². The molecule has 1 unspecified atom stereocenters. The third-order valence-corrected chi connectivity index (χ3v) is 6.59. The van der Waals surface area contributed by atoms with Crippen LogP contribution in [0.15, 0.2) is 63.5 Å². The van der Waals surface area contributed by atoms with Gasteiger partial charge in [-0.3, -0.25) is 14.2 Å². The molecule has 2 aromatic carbocycles. The fourth-order valence-electron chi connectivity index (χ4n) is 3.82. The van der Waals surface area contributed by atoms with Crippen molar-refractivity contribution < 1.29 is 23.8 Å². The topological polar surface area (TPSA) is 96.2 Å². The van der Waals surface area contributed by atoms with Crippen LogP contribution in [0, 0.1) is 0 Å². The number of carbonyl (C=O) groups is 2. The molecule has 0 bridgehead atoms. The highest BCUT2D eigenvalue weighted by Gasteiger charge is 2.33. The number of esters is 2. The molecule has 180 valence electrons. The fourth-order valence-corrected chi connectivity index (χ4v) is 4.99. The van der Waals surface area contributed by atoms with E-state index < -0.39 is 18.0 Å². The molecule has 4 rings (SSSR count). The maximum atomic E-state index is 13.6. The van der Waals surface area contributed by atoms with E-state index in [0.29, 0.717) is 36.9 Å². The molecule has 10 heteroatoms. The molecule has 1 aliphatic heterocycles. The van der Waals surface area contributed by atoms with Gasteiger partial charge in [0, 0.05) is 11.9 Å². The molecule has 0 fully saturated rings. The third kappa shape index (κ3) is 4.78. The SMILES string of the molecule is COC(=O)C1=C(C)N=c2s/c(=C/c3ccc(OC(C)=O)c(OC)c3)c(=O)n2C1c1ccc(Cl)cc1. The third-order valence-electron chi connectivity index (χ3n) is 5.35. The predicted molar refractivity (Wildman–Crippen MR) is 132 cm³/mol. The van der Waals surface area contributed by atoms with Gasteiger partial charge in [0.25, 0.3) is 5.56 Å². The monoisotopic (exact) mass is 512 g/mol. The summed E-state index contributed by atoms with van der Waals surface area (Å²) in [6.07, 6.45) is 1.69. The second kappa shape index (κ2) is 9.89. The number of carbonyl (C=O) groups excluding carboxylic acids is 2. The summed E-state index contributed by atoms with van der Waals surface area (Å²) in [7, 11) is 2.75. The van der Waals surface area contributed by atoms with E-state index in [0.717, 1.165) is 0 Å². The first kappa shape index (κ1) is 24.4. The van der Waals surface area contributed by atoms with Gasteiger partial charge in [0.1, 0.15) is 0 Å². The number of benzene rings is 2. The molecule has 35 heavy (non-hydrogen) atoms. The van der Waals surface area contributed by atoms with E-state index in [2.05, 4.69) is 4.99 Å². The number of rotatable bonds is 5. The van der Waals surface area contributed by atoms with Crippen LogP contribution in [0.5, 0.6) is 11.5 Å². The lowest BCUT2D eigenvalue weighted by molar-refractivity contribution is -0.136. The molecule has 0 saturated heterocycles. The van der Waals surface area contributed by atoms with Gasteiger partial charge in [0.15, 0.2) is 16.3 Å². The maximum absolute atomic E-state index is 13.6. The number of aromatic nitrogens is 1. The van der Waals surface area contributed by atoms with E-state index in [-0.39, 0.29) is 16.9 Å². The van der Waals surface area contributed by atoms with Crippen molar-refractivity contribution in [2.45, 2.75) is 19.9 Å². The lowest BCUT2D eigenvalue weighted by Crippen LogP contribution is -2.39. The van der Waals surface area contributed by atoms with Crippen LogP contribution in [-0.2, 0) is 14.3 Å². The quantitative estimate of drug-likeness (QED) is 0.385. The van der Waals surface area contributed by atoms with Gasteiger partial charge in [-0.2, -0.15) is 0 Å². The predicted octanol–water partition coefficient (Wildman–Crippen LogP) is 3.00. The Kier molecular flexibility index (Phi) is 6.90. The van der Waals surface area contributed by atoms with E-state index in [4.69, 9.17) is 25.8 Å². The van der Waals surface area contributed by atoms with Crippen molar-refractivity contribution >= 4 is 41.0 Å². The minimum atomic E-state index is -0.723. The zero-order valence-corrected chi connectivity index (χ0v) is 20.9. The van der Waals surface area contributed by atoms with Crippen molar-refractivity contribution in [1.82, 2.24) is 4.57 Å². The van der Waals surface area contributed by atoms with Crippen LogP contribution in [0.25, 0.3) is 6.08 Å². The summed E-state index contributed by atoms with van der Waals surface area (Å²) in [6.45, 7) is 3.01. The number of fused-ring (bicyclic) bond motifs is 1. The molecule has 0 spiro atoms. The number of hydrogen-bond acceptors (Lipinski definition) is 8. The van der Waals surface area contributed by atoms with E-state index in [9.17, 15) is 14.4 Å². The number of ether oxygens (including phenoxy) is 3. The standard InChI is InChI=1S/C25H21ClN2O6S/c1-13-21(24(31)33-4)22(16-6-8-17(26)9-7-16)28-23(30)20(35-25(28)27-13)12-15-5-10-18(34-14(2)29)19(11-15)32-3/h5-12,22H,1-4H3/b20-12+. The summed E-state index contributed by atoms with van der Waals surface area (Å²) in [5, 5.41) is 0.535.